The lowest BCUT2D eigenvalue weighted by Crippen LogP contribution is -2.29. The average Bonchev–Trinajstić information content (AvgIpc) is 3.57. The summed E-state index contributed by atoms with van der Waals surface area (Å²) >= 11 is 0. The van der Waals surface area contributed by atoms with Crippen molar-refractivity contribution < 1.29 is 22.0 Å². The molecule has 11 heteroatoms. The first kappa shape index (κ1) is 24.5. The number of hydrogen-bond acceptors (Lipinski definition) is 5. The SMILES string of the molecule is CN(C)S(=O)(=O)Nc1ccc(F)c(C(=O)c2c[nH]c3ncc(-c4ccc(C5(C#N)CC5)cc4)cc23)c1F. The maximum Gasteiger partial charge on any atom is 0.301 e. The van der Waals surface area contributed by atoms with Crippen molar-refractivity contribution in [3.05, 3.63) is 83.2 Å². The van der Waals surface area contributed by atoms with E-state index in [-0.39, 0.29) is 5.56 Å². The minimum atomic E-state index is -4.09. The predicted molar refractivity (Wildman–Crippen MR) is 134 cm³/mol. The Kier molecular flexibility index (Phi) is 5.81. The summed E-state index contributed by atoms with van der Waals surface area (Å²) in [5, 5.41) is 9.77. The molecule has 1 aliphatic carbocycles. The summed E-state index contributed by atoms with van der Waals surface area (Å²) in [5.41, 5.74) is 0.879. The second-order valence-corrected chi connectivity index (χ2v) is 11.0. The van der Waals surface area contributed by atoms with Crippen molar-refractivity contribution in [3.8, 4) is 17.2 Å². The fourth-order valence-electron chi connectivity index (χ4n) is 4.13. The van der Waals surface area contributed by atoms with E-state index in [1.54, 1.807) is 12.3 Å². The first-order valence-corrected chi connectivity index (χ1v) is 12.7. The zero-order valence-corrected chi connectivity index (χ0v) is 20.7. The number of pyridine rings is 1. The van der Waals surface area contributed by atoms with Crippen LogP contribution in [-0.4, -0.2) is 42.6 Å². The van der Waals surface area contributed by atoms with Gasteiger partial charge in [-0.3, -0.25) is 9.52 Å². The maximum absolute atomic E-state index is 15.2. The van der Waals surface area contributed by atoms with Crippen molar-refractivity contribution in [3.63, 3.8) is 0 Å². The summed E-state index contributed by atoms with van der Waals surface area (Å²) < 4.78 is 57.0. The van der Waals surface area contributed by atoms with Gasteiger partial charge in [0.25, 0.3) is 0 Å². The molecule has 8 nitrogen and oxygen atoms in total. The molecule has 2 heterocycles. The van der Waals surface area contributed by atoms with E-state index in [1.165, 1.54) is 20.3 Å². The van der Waals surface area contributed by atoms with Gasteiger partial charge in [-0.1, -0.05) is 24.3 Å². The lowest BCUT2D eigenvalue weighted by Gasteiger charge is -2.15. The summed E-state index contributed by atoms with van der Waals surface area (Å²) in [6.07, 6.45) is 4.58. The highest BCUT2D eigenvalue weighted by atomic mass is 32.2. The molecule has 1 aliphatic rings. The molecule has 0 radical (unpaired) electrons. The molecule has 0 amide bonds. The van der Waals surface area contributed by atoms with E-state index in [1.807, 2.05) is 29.0 Å². The third-order valence-electron chi connectivity index (χ3n) is 6.55. The quantitative estimate of drug-likeness (QED) is 0.347. The number of carbonyl (C=O) groups excluding carboxylic acids is 1. The van der Waals surface area contributed by atoms with E-state index < -0.39 is 44.3 Å². The van der Waals surface area contributed by atoms with Crippen molar-refractivity contribution in [1.82, 2.24) is 14.3 Å². The van der Waals surface area contributed by atoms with Crippen LogP contribution in [0.4, 0.5) is 14.5 Å². The fourth-order valence-corrected chi connectivity index (χ4v) is 4.74. The summed E-state index contributed by atoms with van der Waals surface area (Å²) in [4.78, 5) is 20.5. The van der Waals surface area contributed by atoms with Gasteiger partial charge >= 0.3 is 10.2 Å². The van der Waals surface area contributed by atoms with Crippen molar-refractivity contribution >= 4 is 32.7 Å². The predicted octanol–water partition coefficient (Wildman–Crippen LogP) is 4.51. The van der Waals surface area contributed by atoms with Gasteiger partial charge in [0.15, 0.2) is 5.82 Å². The largest absolute Gasteiger partial charge is 0.345 e. The molecule has 1 fully saturated rings. The molecular formula is C26H21F2N5O3S. The molecule has 0 saturated heterocycles. The number of fused-ring (bicyclic) bond motifs is 1. The van der Waals surface area contributed by atoms with E-state index >= 15 is 4.39 Å². The number of hydrogen-bond donors (Lipinski definition) is 2. The monoisotopic (exact) mass is 521 g/mol. The number of H-pyrrole nitrogens is 1. The second-order valence-electron chi connectivity index (χ2n) is 9.10. The van der Waals surface area contributed by atoms with Crippen molar-refractivity contribution in [2.75, 3.05) is 18.8 Å². The van der Waals surface area contributed by atoms with Gasteiger partial charge in [0.05, 0.1) is 22.7 Å². The fraction of sp³-hybridized carbons (Fsp3) is 0.192. The molecule has 2 aromatic carbocycles. The zero-order valence-electron chi connectivity index (χ0n) is 19.8. The van der Waals surface area contributed by atoms with Gasteiger partial charge in [-0.05, 0) is 42.2 Å². The summed E-state index contributed by atoms with van der Waals surface area (Å²) in [6, 6.07) is 13.3. The van der Waals surface area contributed by atoms with Crippen LogP contribution in [0.3, 0.4) is 0 Å². The molecule has 0 unspecified atom stereocenters. The smallest absolute Gasteiger partial charge is 0.301 e. The zero-order chi connectivity index (χ0) is 26.5. The van der Waals surface area contributed by atoms with Crippen LogP contribution < -0.4 is 4.72 Å². The first-order valence-electron chi connectivity index (χ1n) is 11.3. The highest BCUT2D eigenvalue weighted by Gasteiger charge is 2.44. The Morgan fingerprint density at radius 1 is 1.14 bits per heavy atom. The molecule has 1 saturated carbocycles. The Hall–Kier alpha value is -4.14. The Bertz CT molecular complexity index is 1700. The molecule has 0 aliphatic heterocycles. The Labute approximate surface area is 211 Å². The van der Waals surface area contributed by atoms with Crippen LogP contribution in [0.25, 0.3) is 22.2 Å². The van der Waals surface area contributed by atoms with Gasteiger partial charge in [0, 0.05) is 43.0 Å². The lowest BCUT2D eigenvalue weighted by molar-refractivity contribution is 0.103. The molecule has 0 bridgehead atoms. The number of benzene rings is 2. The normalized spacial score (nSPS) is 14.5. The number of nitriles is 1. The maximum atomic E-state index is 15.2. The van der Waals surface area contributed by atoms with E-state index in [0.717, 1.165) is 40.4 Å². The number of aromatic nitrogens is 2. The van der Waals surface area contributed by atoms with Crippen LogP contribution >= 0.6 is 0 Å². The molecule has 0 spiro atoms. The number of halogens is 2. The van der Waals surface area contributed by atoms with Gasteiger partial charge < -0.3 is 4.98 Å². The van der Waals surface area contributed by atoms with E-state index in [4.69, 9.17) is 0 Å². The molecule has 37 heavy (non-hydrogen) atoms. The Morgan fingerprint density at radius 2 is 1.84 bits per heavy atom. The second kappa shape index (κ2) is 8.76. The van der Waals surface area contributed by atoms with Gasteiger partial charge in [-0.25, -0.2) is 13.8 Å². The highest BCUT2D eigenvalue weighted by molar-refractivity contribution is 7.90. The molecule has 2 aromatic heterocycles. The summed E-state index contributed by atoms with van der Waals surface area (Å²) in [7, 11) is -1.60. The first-order chi connectivity index (χ1) is 17.6. The highest BCUT2D eigenvalue weighted by Crippen LogP contribution is 2.47. The van der Waals surface area contributed by atoms with Crippen LogP contribution in [0, 0.1) is 23.0 Å². The molecule has 5 rings (SSSR count). The number of carbonyl (C=O) groups is 1. The lowest BCUT2D eigenvalue weighted by atomic mass is 9.95. The van der Waals surface area contributed by atoms with E-state index in [0.29, 0.717) is 16.6 Å². The number of ketones is 1. The van der Waals surface area contributed by atoms with Gasteiger partial charge in [-0.2, -0.15) is 18.0 Å². The van der Waals surface area contributed by atoms with E-state index in [2.05, 4.69) is 16.0 Å². The molecule has 2 N–H and O–H groups in total. The number of anilines is 1. The summed E-state index contributed by atoms with van der Waals surface area (Å²) in [5.74, 6) is -3.42. The Morgan fingerprint density at radius 3 is 2.46 bits per heavy atom. The molecule has 188 valence electrons. The minimum Gasteiger partial charge on any atom is -0.345 e. The van der Waals surface area contributed by atoms with Gasteiger partial charge in [-0.15, -0.1) is 0 Å². The van der Waals surface area contributed by atoms with Gasteiger partial charge in [0.1, 0.15) is 11.5 Å². The van der Waals surface area contributed by atoms with Crippen molar-refractivity contribution in [2.45, 2.75) is 18.3 Å². The topological polar surface area (TPSA) is 119 Å². The average molecular weight is 522 g/mol. The van der Waals surface area contributed by atoms with Crippen LogP contribution in [0.1, 0.15) is 34.3 Å². The number of nitrogens with one attached hydrogen (secondary N) is 2. The van der Waals surface area contributed by atoms with Gasteiger partial charge in [0.2, 0.25) is 5.78 Å². The molecule has 4 aromatic rings. The number of aromatic amines is 1. The third kappa shape index (κ3) is 4.24. The van der Waals surface area contributed by atoms with Crippen molar-refractivity contribution in [2.24, 2.45) is 0 Å². The van der Waals surface area contributed by atoms with E-state index in [9.17, 15) is 22.9 Å². The minimum absolute atomic E-state index is 0.0206. The summed E-state index contributed by atoms with van der Waals surface area (Å²) in [6.45, 7) is 0. The van der Waals surface area contributed by atoms with Crippen LogP contribution in [-0.2, 0) is 15.6 Å². The Balaban J connectivity index is 1.53. The third-order valence-corrected chi connectivity index (χ3v) is 7.99. The van der Waals surface area contributed by atoms with Crippen LogP contribution in [0.2, 0.25) is 0 Å². The van der Waals surface area contributed by atoms with Crippen LogP contribution in [0.5, 0.6) is 0 Å². The standard InChI is InChI=1S/C26H21F2N5O3S/c1-33(2)37(35,36)32-21-8-7-20(27)22(23(21)28)24(34)19-13-31-25-18(19)11-16(12-30-25)15-3-5-17(6-4-15)26(14-29)9-10-26/h3-8,11-13,32H,9-10H2,1-2H3,(H,30,31). The molecule has 0 atom stereocenters. The molecular weight excluding hydrogens is 500 g/mol. The van der Waals surface area contributed by atoms with Crippen molar-refractivity contribution in [1.29, 1.82) is 5.26 Å². The number of rotatable bonds is 7. The number of nitrogens with zero attached hydrogens (tertiary/aromatic N) is 3. The van der Waals surface area contributed by atoms with Crippen LogP contribution in [0.15, 0.2) is 54.9 Å².